The number of methoxy groups -OCH3 is 3. The molecule has 0 spiro atoms. The average molecular weight is 395 g/mol. The number of halogens is 1. The molecule has 1 amide bonds. The molecule has 2 rings (SSSR count). The van der Waals surface area contributed by atoms with Crippen LogP contribution < -0.4 is 20.1 Å². The molecule has 0 radical (unpaired) electrons. The summed E-state index contributed by atoms with van der Waals surface area (Å²) in [6, 6.07) is 4.93. The number of rotatable bonds is 9. The molecule has 2 aromatic rings. The van der Waals surface area contributed by atoms with E-state index in [4.69, 9.17) is 25.8 Å². The van der Waals surface area contributed by atoms with Crippen LogP contribution >= 0.6 is 11.6 Å². The highest BCUT2D eigenvalue weighted by molar-refractivity contribution is 6.32. The predicted molar refractivity (Wildman–Crippen MR) is 103 cm³/mol. The summed E-state index contributed by atoms with van der Waals surface area (Å²) in [7, 11) is 4.67. The Morgan fingerprint density at radius 1 is 1.11 bits per heavy atom. The van der Waals surface area contributed by atoms with Crippen LogP contribution in [0.25, 0.3) is 0 Å². The molecule has 1 aromatic carbocycles. The van der Waals surface area contributed by atoms with Crippen molar-refractivity contribution in [1.82, 2.24) is 15.3 Å². The van der Waals surface area contributed by atoms with E-state index in [0.29, 0.717) is 41.1 Å². The zero-order valence-electron chi connectivity index (χ0n) is 15.8. The third-order valence-electron chi connectivity index (χ3n) is 3.62. The van der Waals surface area contributed by atoms with Gasteiger partial charge in [0.25, 0.3) is 5.91 Å². The van der Waals surface area contributed by atoms with Crippen molar-refractivity contribution < 1.29 is 19.0 Å². The van der Waals surface area contributed by atoms with Crippen LogP contribution in [0.15, 0.2) is 18.2 Å². The molecule has 0 aliphatic heterocycles. The summed E-state index contributed by atoms with van der Waals surface area (Å²) in [4.78, 5) is 20.9. The molecular formula is C18H23ClN4O4. The first-order valence-electron chi connectivity index (χ1n) is 8.29. The summed E-state index contributed by atoms with van der Waals surface area (Å²) in [5.41, 5.74) is 1.48. The Balaban J connectivity index is 2.22. The highest BCUT2D eigenvalue weighted by Gasteiger charge is 2.14. The van der Waals surface area contributed by atoms with Gasteiger partial charge >= 0.3 is 0 Å². The fourth-order valence-electron chi connectivity index (χ4n) is 2.33. The molecule has 27 heavy (non-hydrogen) atoms. The van der Waals surface area contributed by atoms with Crippen LogP contribution in [0, 0.1) is 6.92 Å². The molecule has 0 aliphatic rings. The summed E-state index contributed by atoms with van der Waals surface area (Å²) in [6.45, 7) is 2.86. The molecule has 0 unspecified atom stereocenters. The quantitative estimate of drug-likeness (QED) is 0.631. The Labute approximate surface area is 163 Å². The van der Waals surface area contributed by atoms with E-state index in [0.717, 1.165) is 6.42 Å². The van der Waals surface area contributed by atoms with Crippen LogP contribution in [0.5, 0.6) is 11.5 Å². The fraction of sp³-hybridized carbons (Fsp3) is 0.389. The van der Waals surface area contributed by atoms with Crippen LogP contribution in [-0.2, 0) is 4.74 Å². The number of amides is 1. The van der Waals surface area contributed by atoms with E-state index < -0.39 is 0 Å². The molecule has 146 valence electrons. The van der Waals surface area contributed by atoms with Gasteiger partial charge in [-0.25, -0.2) is 9.97 Å². The molecule has 1 heterocycles. The minimum absolute atomic E-state index is 0.264. The van der Waals surface area contributed by atoms with Crippen molar-refractivity contribution in [1.29, 1.82) is 0 Å². The van der Waals surface area contributed by atoms with Crippen molar-refractivity contribution in [2.45, 2.75) is 13.3 Å². The number of benzene rings is 1. The maximum absolute atomic E-state index is 12.3. The second-order valence-corrected chi connectivity index (χ2v) is 6.04. The van der Waals surface area contributed by atoms with Crippen LogP contribution in [0.1, 0.15) is 22.6 Å². The smallest absolute Gasteiger partial charge is 0.270 e. The van der Waals surface area contributed by atoms with E-state index in [1.54, 1.807) is 32.2 Å². The van der Waals surface area contributed by atoms with E-state index in [2.05, 4.69) is 20.6 Å². The third kappa shape index (κ3) is 5.70. The Morgan fingerprint density at radius 2 is 1.85 bits per heavy atom. The van der Waals surface area contributed by atoms with Crippen molar-refractivity contribution in [2.24, 2.45) is 0 Å². The molecule has 0 aliphatic carbocycles. The summed E-state index contributed by atoms with van der Waals surface area (Å²) in [5.74, 6) is 0.959. The molecule has 0 atom stereocenters. The number of aryl methyl sites for hydroxylation is 1. The number of anilines is 2. The number of nitrogens with one attached hydrogen (secondary N) is 2. The normalized spacial score (nSPS) is 10.4. The van der Waals surface area contributed by atoms with Gasteiger partial charge in [0, 0.05) is 38.1 Å². The zero-order valence-corrected chi connectivity index (χ0v) is 16.5. The Bertz CT molecular complexity index is 801. The predicted octanol–water partition coefficient (Wildman–Crippen LogP) is 2.97. The molecule has 0 saturated heterocycles. The molecule has 1 aromatic heterocycles. The molecule has 0 bridgehead atoms. The van der Waals surface area contributed by atoms with Gasteiger partial charge < -0.3 is 24.8 Å². The highest BCUT2D eigenvalue weighted by Crippen LogP contribution is 2.36. The molecular weight excluding hydrogens is 372 g/mol. The van der Waals surface area contributed by atoms with Crippen LogP contribution in [0.3, 0.4) is 0 Å². The van der Waals surface area contributed by atoms with Gasteiger partial charge in [-0.2, -0.15) is 0 Å². The average Bonchev–Trinajstić information content (AvgIpc) is 2.65. The van der Waals surface area contributed by atoms with E-state index >= 15 is 0 Å². The minimum atomic E-state index is -0.277. The fourth-order valence-corrected chi connectivity index (χ4v) is 2.56. The first-order valence-corrected chi connectivity index (χ1v) is 8.67. The minimum Gasteiger partial charge on any atom is -0.495 e. The van der Waals surface area contributed by atoms with Crippen LogP contribution in [0.2, 0.25) is 5.02 Å². The summed E-state index contributed by atoms with van der Waals surface area (Å²) < 4.78 is 15.5. The number of aromatic nitrogens is 2. The van der Waals surface area contributed by atoms with Crippen molar-refractivity contribution in [3.63, 3.8) is 0 Å². The maximum Gasteiger partial charge on any atom is 0.270 e. The van der Waals surface area contributed by atoms with Gasteiger partial charge in [0.05, 0.1) is 24.9 Å². The lowest BCUT2D eigenvalue weighted by atomic mass is 10.2. The summed E-state index contributed by atoms with van der Waals surface area (Å²) >= 11 is 6.12. The largest absolute Gasteiger partial charge is 0.495 e. The van der Waals surface area contributed by atoms with Crippen molar-refractivity contribution in [3.8, 4) is 11.5 Å². The monoisotopic (exact) mass is 394 g/mol. The molecule has 0 fully saturated rings. The van der Waals surface area contributed by atoms with Gasteiger partial charge in [-0.1, -0.05) is 11.6 Å². The van der Waals surface area contributed by atoms with Crippen molar-refractivity contribution >= 4 is 29.1 Å². The van der Waals surface area contributed by atoms with E-state index in [-0.39, 0.29) is 17.5 Å². The number of carbonyl (C=O) groups excluding carboxylic acids is 1. The van der Waals surface area contributed by atoms with Gasteiger partial charge in [0.15, 0.2) is 0 Å². The molecule has 0 saturated carbocycles. The Kier molecular flexibility index (Phi) is 7.63. The zero-order chi connectivity index (χ0) is 19.8. The first-order chi connectivity index (χ1) is 13.0. The second-order valence-electron chi connectivity index (χ2n) is 5.63. The highest BCUT2D eigenvalue weighted by atomic mass is 35.5. The third-order valence-corrected chi connectivity index (χ3v) is 3.91. The Morgan fingerprint density at radius 3 is 2.52 bits per heavy atom. The molecule has 8 nitrogen and oxygen atoms in total. The van der Waals surface area contributed by atoms with E-state index in [1.165, 1.54) is 14.2 Å². The standard InChI is InChI=1S/C18H23ClN4O4/c1-11-8-14(17(24)20-6-5-7-25-2)23-18(21-11)22-13-10-15(26-3)12(19)9-16(13)27-4/h8-10H,5-7H2,1-4H3,(H,20,24)(H,21,22,23). The lowest BCUT2D eigenvalue weighted by Crippen LogP contribution is -2.26. The number of ether oxygens (including phenoxy) is 3. The SMILES string of the molecule is COCCCNC(=O)c1cc(C)nc(Nc2cc(OC)c(Cl)cc2OC)n1. The van der Waals surface area contributed by atoms with Crippen molar-refractivity contribution in [3.05, 3.63) is 34.6 Å². The number of carbonyl (C=O) groups is 1. The lowest BCUT2D eigenvalue weighted by Gasteiger charge is -2.14. The molecule has 2 N–H and O–H groups in total. The summed E-state index contributed by atoms with van der Waals surface area (Å²) in [6.07, 6.45) is 0.721. The number of hydrogen-bond acceptors (Lipinski definition) is 7. The lowest BCUT2D eigenvalue weighted by molar-refractivity contribution is 0.0943. The summed E-state index contributed by atoms with van der Waals surface area (Å²) in [5, 5.41) is 6.27. The van der Waals surface area contributed by atoms with Gasteiger partial charge in [0.1, 0.15) is 17.2 Å². The second kappa shape index (κ2) is 9.94. The number of hydrogen-bond donors (Lipinski definition) is 2. The van der Waals surface area contributed by atoms with Gasteiger partial charge in [-0.3, -0.25) is 4.79 Å². The van der Waals surface area contributed by atoms with Crippen LogP contribution in [-0.4, -0.2) is 50.4 Å². The van der Waals surface area contributed by atoms with E-state index in [1.807, 2.05) is 0 Å². The molecule has 9 heteroatoms. The maximum atomic E-state index is 12.3. The van der Waals surface area contributed by atoms with Gasteiger partial charge in [-0.15, -0.1) is 0 Å². The topological polar surface area (TPSA) is 94.6 Å². The van der Waals surface area contributed by atoms with Crippen molar-refractivity contribution in [2.75, 3.05) is 39.8 Å². The van der Waals surface area contributed by atoms with Crippen LogP contribution in [0.4, 0.5) is 11.6 Å². The van der Waals surface area contributed by atoms with E-state index in [9.17, 15) is 4.79 Å². The van der Waals surface area contributed by atoms with Gasteiger partial charge in [0.2, 0.25) is 5.95 Å². The Hall–Kier alpha value is -2.58. The number of nitrogens with zero attached hydrogens (tertiary/aromatic N) is 2. The van der Waals surface area contributed by atoms with Gasteiger partial charge in [-0.05, 0) is 19.4 Å². The first kappa shape index (κ1) is 20.7.